The molecule has 106 valence electrons. The lowest BCUT2D eigenvalue weighted by atomic mass is 10.1. The molecule has 0 amide bonds. The number of aryl methyl sites for hydroxylation is 1. The van der Waals surface area contributed by atoms with Gasteiger partial charge >= 0.3 is 0 Å². The molecule has 1 aromatic carbocycles. The van der Waals surface area contributed by atoms with Gasteiger partial charge in [0.2, 0.25) is 6.79 Å². The maximum atomic E-state index is 5.39. The molecular formula is C14H18N4O2. The van der Waals surface area contributed by atoms with E-state index in [1.807, 2.05) is 12.1 Å². The standard InChI is InChI=1S/C14H18N4O2/c1-10(15-6-2-3-14-16-8-17-18-14)11-4-5-12-13(7-11)20-9-19-12/h4-5,7-8,10,15H,2-3,6,9H2,1H3,(H,16,17,18). The predicted octanol–water partition coefficient (Wildman–Crippen LogP) is 1.82. The first-order valence-electron chi connectivity index (χ1n) is 6.80. The first-order valence-corrected chi connectivity index (χ1v) is 6.80. The van der Waals surface area contributed by atoms with Crippen LogP contribution in [0.2, 0.25) is 0 Å². The number of rotatable bonds is 6. The predicted molar refractivity (Wildman–Crippen MR) is 73.7 cm³/mol. The number of nitrogens with one attached hydrogen (secondary N) is 2. The SMILES string of the molecule is CC(NCCCc1ncn[nH]1)c1ccc2c(c1)OCO2. The van der Waals surface area contributed by atoms with Crippen molar-refractivity contribution >= 4 is 0 Å². The largest absolute Gasteiger partial charge is 0.454 e. The summed E-state index contributed by atoms with van der Waals surface area (Å²) in [5, 5.41) is 10.2. The van der Waals surface area contributed by atoms with E-state index in [9.17, 15) is 0 Å². The van der Waals surface area contributed by atoms with E-state index in [1.54, 1.807) is 0 Å². The minimum absolute atomic E-state index is 0.277. The second-order valence-corrected chi connectivity index (χ2v) is 4.82. The lowest BCUT2D eigenvalue weighted by Gasteiger charge is -2.14. The van der Waals surface area contributed by atoms with Gasteiger partial charge in [0.05, 0.1) is 0 Å². The van der Waals surface area contributed by atoms with Gasteiger partial charge in [-0.25, -0.2) is 4.98 Å². The van der Waals surface area contributed by atoms with E-state index in [2.05, 4.69) is 33.5 Å². The fraction of sp³-hybridized carbons (Fsp3) is 0.429. The van der Waals surface area contributed by atoms with Crippen molar-refractivity contribution < 1.29 is 9.47 Å². The number of benzene rings is 1. The van der Waals surface area contributed by atoms with E-state index in [0.29, 0.717) is 6.79 Å². The zero-order valence-electron chi connectivity index (χ0n) is 11.4. The number of fused-ring (bicyclic) bond motifs is 1. The van der Waals surface area contributed by atoms with Crippen LogP contribution in [0.3, 0.4) is 0 Å². The highest BCUT2D eigenvalue weighted by Crippen LogP contribution is 2.34. The molecule has 0 aliphatic carbocycles. The van der Waals surface area contributed by atoms with Crippen LogP contribution in [-0.2, 0) is 6.42 Å². The van der Waals surface area contributed by atoms with E-state index in [-0.39, 0.29) is 6.04 Å². The molecule has 1 unspecified atom stereocenters. The maximum Gasteiger partial charge on any atom is 0.231 e. The van der Waals surface area contributed by atoms with Gasteiger partial charge in [-0.1, -0.05) is 6.07 Å². The third-order valence-electron chi connectivity index (χ3n) is 3.40. The Hall–Kier alpha value is -2.08. The normalized spacial score (nSPS) is 14.4. The van der Waals surface area contributed by atoms with E-state index >= 15 is 0 Å². The van der Waals surface area contributed by atoms with Gasteiger partial charge in [0, 0.05) is 12.5 Å². The summed E-state index contributed by atoms with van der Waals surface area (Å²) < 4.78 is 10.7. The third kappa shape index (κ3) is 2.91. The van der Waals surface area contributed by atoms with Crippen LogP contribution in [0.15, 0.2) is 24.5 Å². The Bertz CT molecular complexity index is 556. The van der Waals surface area contributed by atoms with Crippen molar-refractivity contribution in [1.29, 1.82) is 0 Å². The summed E-state index contributed by atoms with van der Waals surface area (Å²) in [5.41, 5.74) is 1.20. The molecular weight excluding hydrogens is 256 g/mol. The van der Waals surface area contributed by atoms with Gasteiger partial charge in [-0.3, -0.25) is 5.10 Å². The third-order valence-corrected chi connectivity index (χ3v) is 3.40. The van der Waals surface area contributed by atoms with Gasteiger partial charge in [-0.15, -0.1) is 0 Å². The molecule has 1 aromatic heterocycles. The number of hydrogen-bond donors (Lipinski definition) is 2. The zero-order chi connectivity index (χ0) is 13.8. The molecule has 1 atom stereocenters. The Kier molecular flexibility index (Phi) is 3.83. The van der Waals surface area contributed by atoms with Crippen LogP contribution >= 0.6 is 0 Å². The molecule has 0 bridgehead atoms. The van der Waals surface area contributed by atoms with E-state index in [1.165, 1.54) is 11.9 Å². The monoisotopic (exact) mass is 274 g/mol. The lowest BCUT2D eigenvalue weighted by Crippen LogP contribution is -2.20. The fourth-order valence-corrected chi connectivity index (χ4v) is 2.23. The number of hydrogen-bond acceptors (Lipinski definition) is 5. The fourth-order valence-electron chi connectivity index (χ4n) is 2.23. The highest BCUT2D eigenvalue weighted by atomic mass is 16.7. The molecule has 1 aliphatic heterocycles. The first-order chi connectivity index (χ1) is 9.83. The van der Waals surface area contributed by atoms with Crippen molar-refractivity contribution in [2.75, 3.05) is 13.3 Å². The Morgan fingerprint density at radius 2 is 2.25 bits per heavy atom. The van der Waals surface area contributed by atoms with Crippen molar-refractivity contribution in [3.05, 3.63) is 35.9 Å². The minimum Gasteiger partial charge on any atom is -0.454 e. The summed E-state index contributed by atoms with van der Waals surface area (Å²) in [5.74, 6) is 2.59. The topological polar surface area (TPSA) is 72.1 Å². The van der Waals surface area contributed by atoms with Gasteiger partial charge < -0.3 is 14.8 Å². The molecule has 1 aliphatic rings. The van der Waals surface area contributed by atoms with Crippen LogP contribution in [0, 0.1) is 0 Å². The molecule has 0 fully saturated rings. The van der Waals surface area contributed by atoms with Crippen molar-refractivity contribution in [2.24, 2.45) is 0 Å². The van der Waals surface area contributed by atoms with Crippen LogP contribution in [0.5, 0.6) is 11.5 Å². The number of nitrogens with zero attached hydrogens (tertiary/aromatic N) is 2. The van der Waals surface area contributed by atoms with E-state index < -0.39 is 0 Å². The highest BCUT2D eigenvalue weighted by molar-refractivity contribution is 5.45. The molecule has 20 heavy (non-hydrogen) atoms. The smallest absolute Gasteiger partial charge is 0.231 e. The van der Waals surface area contributed by atoms with Gasteiger partial charge in [0.25, 0.3) is 0 Å². The Balaban J connectivity index is 1.48. The summed E-state index contributed by atoms with van der Waals surface area (Å²) in [7, 11) is 0. The van der Waals surface area contributed by atoms with Gasteiger partial charge in [0.15, 0.2) is 11.5 Å². The average molecular weight is 274 g/mol. The van der Waals surface area contributed by atoms with Crippen LogP contribution in [0.1, 0.15) is 30.8 Å². The van der Waals surface area contributed by atoms with E-state index in [0.717, 1.165) is 36.7 Å². The summed E-state index contributed by atoms with van der Waals surface area (Å²) in [6, 6.07) is 6.35. The highest BCUT2D eigenvalue weighted by Gasteiger charge is 2.15. The molecule has 6 heteroatoms. The van der Waals surface area contributed by atoms with Crippen molar-refractivity contribution in [3.63, 3.8) is 0 Å². The number of ether oxygens (including phenoxy) is 2. The van der Waals surface area contributed by atoms with Crippen molar-refractivity contribution in [2.45, 2.75) is 25.8 Å². The Morgan fingerprint density at radius 1 is 1.35 bits per heavy atom. The summed E-state index contributed by atoms with van der Waals surface area (Å²) in [4.78, 5) is 4.11. The number of H-pyrrole nitrogens is 1. The van der Waals surface area contributed by atoms with Gasteiger partial charge in [-0.05, 0) is 37.6 Å². The summed E-state index contributed by atoms with van der Waals surface area (Å²) in [6.45, 7) is 3.39. The Labute approximate surface area is 117 Å². The first kappa shape index (κ1) is 12.9. The van der Waals surface area contributed by atoms with Crippen LogP contribution in [0.4, 0.5) is 0 Å². The number of aromatic amines is 1. The quantitative estimate of drug-likeness (QED) is 0.786. The van der Waals surface area contributed by atoms with E-state index in [4.69, 9.17) is 9.47 Å². The molecule has 2 heterocycles. The van der Waals surface area contributed by atoms with Gasteiger partial charge in [-0.2, -0.15) is 5.10 Å². The summed E-state index contributed by atoms with van der Waals surface area (Å²) in [6.07, 6.45) is 3.46. The molecule has 6 nitrogen and oxygen atoms in total. The van der Waals surface area contributed by atoms with Crippen LogP contribution in [-0.4, -0.2) is 28.5 Å². The van der Waals surface area contributed by atoms with Crippen LogP contribution in [0.25, 0.3) is 0 Å². The number of aromatic nitrogens is 3. The Morgan fingerprint density at radius 3 is 3.10 bits per heavy atom. The van der Waals surface area contributed by atoms with Crippen molar-refractivity contribution in [3.8, 4) is 11.5 Å². The minimum atomic E-state index is 0.277. The van der Waals surface area contributed by atoms with Crippen molar-refractivity contribution in [1.82, 2.24) is 20.5 Å². The maximum absolute atomic E-state index is 5.39. The molecule has 2 aromatic rings. The van der Waals surface area contributed by atoms with Crippen LogP contribution < -0.4 is 14.8 Å². The second kappa shape index (κ2) is 5.92. The molecule has 2 N–H and O–H groups in total. The lowest BCUT2D eigenvalue weighted by molar-refractivity contribution is 0.174. The van der Waals surface area contributed by atoms with Gasteiger partial charge in [0.1, 0.15) is 12.2 Å². The molecule has 0 radical (unpaired) electrons. The molecule has 0 spiro atoms. The average Bonchev–Trinajstić information content (AvgIpc) is 3.13. The molecule has 0 saturated carbocycles. The summed E-state index contributed by atoms with van der Waals surface area (Å²) >= 11 is 0. The zero-order valence-corrected chi connectivity index (χ0v) is 11.4. The molecule has 0 saturated heterocycles. The second-order valence-electron chi connectivity index (χ2n) is 4.82. The molecule has 3 rings (SSSR count).